The Morgan fingerprint density at radius 1 is 1.24 bits per heavy atom. The maximum Gasteiger partial charge on any atom is 0.119 e. The van der Waals surface area contributed by atoms with E-state index in [1.807, 2.05) is 13.0 Å². The summed E-state index contributed by atoms with van der Waals surface area (Å²) in [5, 5.41) is 10.1. The fourth-order valence-electron chi connectivity index (χ4n) is 2.22. The normalized spacial score (nSPS) is 13.9. The van der Waals surface area contributed by atoms with Gasteiger partial charge in [-0.3, -0.25) is 0 Å². The predicted molar refractivity (Wildman–Crippen MR) is 75.8 cm³/mol. The fourth-order valence-corrected chi connectivity index (χ4v) is 2.22. The average molecular weight is 259 g/mol. The molecule has 0 saturated carbocycles. The van der Waals surface area contributed by atoms with E-state index in [0.717, 1.165) is 24.0 Å². The van der Waals surface area contributed by atoms with E-state index in [2.05, 4.69) is 32.9 Å². The van der Waals surface area contributed by atoms with E-state index in [1.165, 1.54) is 12.8 Å². The first-order chi connectivity index (χ1) is 7.53. The molecule has 1 unspecified atom stereocenters. The van der Waals surface area contributed by atoms with Gasteiger partial charge in [0, 0.05) is 51.4 Å². The molecule has 2 heteroatoms. The molecule has 17 heavy (non-hydrogen) atoms. The molecule has 1 atom stereocenters. The average Bonchev–Trinajstić information content (AvgIpc) is 2.26. The molecular formula is C15H24KO. The largest absolute Gasteiger partial charge is 0.508 e. The number of hydrogen-bond donors (Lipinski definition) is 1. The van der Waals surface area contributed by atoms with Crippen LogP contribution in [0.5, 0.6) is 5.75 Å². The van der Waals surface area contributed by atoms with Crippen molar-refractivity contribution < 1.29 is 5.11 Å². The van der Waals surface area contributed by atoms with E-state index in [1.54, 1.807) is 0 Å². The second-order valence-electron chi connectivity index (χ2n) is 5.04. The zero-order valence-corrected chi connectivity index (χ0v) is 15.1. The van der Waals surface area contributed by atoms with Gasteiger partial charge in [0.15, 0.2) is 0 Å². The minimum atomic E-state index is 0. The Morgan fingerprint density at radius 2 is 1.88 bits per heavy atom. The molecule has 1 aromatic carbocycles. The zero-order valence-electron chi connectivity index (χ0n) is 12.0. The van der Waals surface area contributed by atoms with Crippen molar-refractivity contribution in [2.24, 2.45) is 0 Å². The molecule has 91 valence electrons. The summed E-state index contributed by atoms with van der Waals surface area (Å²) >= 11 is 0. The third-order valence-electron chi connectivity index (χ3n) is 3.67. The van der Waals surface area contributed by atoms with Gasteiger partial charge in [0.05, 0.1) is 0 Å². The van der Waals surface area contributed by atoms with Crippen LogP contribution in [0.2, 0.25) is 0 Å². The number of aromatic hydroxyl groups is 1. The van der Waals surface area contributed by atoms with Crippen molar-refractivity contribution >= 4 is 51.4 Å². The summed E-state index contributed by atoms with van der Waals surface area (Å²) in [7, 11) is 0. The number of phenols is 1. The molecule has 0 aliphatic rings. The van der Waals surface area contributed by atoms with E-state index < -0.39 is 0 Å². The molecule has 0 aromatic heterocycles. The number of unbranched alkanes of at least 4 members (excludes halogenated alkanes) is 1. The summed E-state index contributed by atoms with van der Waals surface area (Å²) in [5.41, 5.74) is 2.34. The minimum absolute atomic E-state index is 0. The molecular weight excluding hydrogens is 235 g/mol. The summed E-state index contributed by atoms with van der Waals surface area (Å²) in [6.45, 7) is 8.69. The molecule has 1 radical (unpaired) electrons. The molecule has 0 heterocycles. The molecule has 0 saturated heterocycles. The first-order valence-corrected chi connectivity index (χ1v) is 6.33. The molecule has 0 amide bonds. The Morgan fingerprint density at radius 3 is 2.35 bits per heavy atom. The van der Waals surface area contributed by atoms with Crippen LogP contribution < -0.4 is 0 Å². The van der Waals surface area contributed by atoms with Gasteiger partial charge in [-0.1, -0.05) is 45.7 Å². The van der Waals surface area contributed by atoms with Crippen molar-refractivity contribution in [3.63, 3.8) is 0 Å². The molecule has 0 fully saturated rings. The van der Waals surface area contributed by atoms with Crippen LogP contribution in [-0.4, -0.2) is 56.5 Å². The van der Waals surface area contributed by atoms with Crippen LogP contribution in [0, 0.1) is 6.92 Å². The van der Waals surface area contributed by atoms with Gasteiger partial charge in [0.25, 0.3) is 0 Å². The van der Waals surface area contributed by atoms with Crippen molar-refractivity contribution in [1.82, 2.24) is 0 Å². The first kappa shape index (κ1) is 17.7. The fraction of sp³-hybridized carbons (Fsp3) is 0.600. The van der Waals surface area contributed by atoms with Gasteiger partial charge in [0.2, 0.25) is 0 Å². The van der Waals surface area contributed by atoms with Crippen LogP contribution in [0.3, 0.4) is 0 Å². The van der Waals surface area contributed by atoms with Crippen molar-refractivity contribution in [1.29, 1.82) is 0 Å². The molecule has 0 aliphatic heterocycles. The summed E-state index contributed by atoms with van der Waals surface area (Å²) in [4.78, 5) is 0. The summed E-state index contributed by atoms with van der Waals surface area (Å²) < 4.78 is 0. The van der Waals surface area contributed by atoms with Crippen molar-refractivity contribution in [3.05, 3.63) is 29.3 Å². The summed E-state index contributed by atoms with van der Waals surface area (Å²) in [6, 6.07) is 6.05. The van der Waals surface area contributed by atoms with Gasteiger partial charge < -0.3 is 5.11 Å². The van der Waals surface area contributed by atoms with Crippen molar-refractivity contribution in [2.75, 3.05) is 0 Å². The topological polar surface area (TPSA) is 20.2 Å². The Balaban J connectivity index is 0.00000256. The quantitative estimate of drug-likeness (QED) is 0.787. The van der Waals surface area contributed by atoms with E-state index >= 15 is 0 Å². The monoisotopic (exact) mass is 259 g/mol. The maximum absolute atomic E-state index is 10.1. The molecule has 0 bridgehead atoms. The molecule has 0 spiro atoms. The van der Waals surface area contributed by atoms with Crippen molar-refractivity contribution in [3.8, 4) is 5.75 Å². The molecule has 1 nitrogen and oxygen atoms in total. The van der Waals surface area contributed by atoms with Gasteiger partial charge in [0.1, 0.15) is 5.75 Å². The minimum Gasteiger partial charge on any atom is -0.508 e. The van der Waals surface area contributed by atoms with E-state index in [-0.39, 0.29) is 56.8 Å². The van der Waals surface area contributed by atoms with Crippen LogP contribution in [0.15, 0.2) is 18.2 Å². The Labute approximate surface area is 148 Å². The number of hydrogen-bond acceptors (Lipinski definition) is 1. The predicted octanol–water partition coefficient (Wildman–Crippen LogP) is 4.18. The van der Waals surface area contributed by atoms with Crippen molar-refractivity contribution in [2.45, 2.75) is 58.8 Å². The number of aryl methyl sites for hydroxylation is 1. The van der Waals surface area contributed by atoms with Crippen LogP contribution in [0.25, 0.3) is 0 Å². The first-order valence-electron chi connectivity index (χ1n) is 6.33. The van der Waals surface area contributed by atoms with E-state index in [0.29, 0.717) is 5.75 Å². The maximum atomic E-state index is 10.1. The van der Waals surface area contributed by atoms with Crippen LogP contribution in [0.4, 0.5) is 0 Å². The number of rotatable bonds is 5. The van der Waals surface area contributed by atoms with Gasteiger partial charge in [-0.25, -0.2) is 0 Å². The summed E-state index contributed by atoms with van der Waals surface area (Å²) in [6.07, 6.45) is 4.65. The summed E-state index contributed by atoms with van der Waals surface area (Å²) in [5.74, 6) is 0.459. The second kappa shape index (κ2) is 7.95. The Bertz CT molecular complexity index is 349. The zero-order chi connectivity index (χ0) is 12.2. The Kier molecular flexibility index (Phi) is 8.26. The smallest absolute Gasteiger partial charge is 0.119 e. The van der Waals surface area contributed by atoms with Gasteiger partial charge >= 0.3 is 0 Å². The molecule has 1 N–H and O–H groups in total. The van der Waals surface area contributed by atoms with Crippen LogP contribution in [0.1, 0.15) is 57.6 Å². The second-order valence-corrected chi connectivity index (χ2v) is 5.04. The standard InChI is InChI=1S/C15H24O.K/c1-5-7-10-15(4,6-2)13-9-8-12(3)11-14(13)16;/h8-9,11,16H,5-7,10H2,1-4H3;. The van der Waals surface area contributed by atoms with Gasteiger partial charge in [-0.05, 0) is 42.4 Å². The third-order valence-corrected chi connectivity index (χ3v) is 3.67. The van der Waals surface area contributed by atoms with E-state index in [9.17, 15) is 5.11 Å². The molecule has 1 rings (SSSR count). The van der Waals surface area contributed by atoms with Crippen LogP contribution >= 0.6 is 0 Å². The van der Waals surface area contributed by atoms with E-state index in [4.69, 9.17) is 0 Å². The number of phenolic OH excluding ortho intramolecular Hbond substituents is 1. The number of benzene rings is 1. The Hall–Kier alpha value is 0.656. The SMILES string of the molecule is CCCCC(C)(CC)c1ccc(C)cc1O.[K]. The van der Waals surface area contributed by atoms with Gasteiger partial charge in [-0.2, -0.15) is 0 Å². The van der Waals surface area contributed by atoms with Gasteiger partial charge in [-0.15, -0.1) is 0 Å². The molecule has 1 aromatic rings. The van der Waals surface area contributed by atoms with Crippen LogP contribution in [-0.2, 0) is 5.41 Å². The molecule has 0 aliphatic carbocycles. The third kappa shape index (κ3) is 4.68.